The molecule has 0 fully saturated rings. The summed E-state index contributed by atoms with van der Waals surface area (Å²) in [6.07, 6.45) is 1.91. The van der Waals surface area contributed by atoms with Crippen LogP contribution < -0.4 is 5.32 Å². The molecule has 0 unspecified atom stereocenters. The Kier molecular flexibility index (Phi) is 5.32. The first-order valence-electron chi connectivity index (χ1n) is 3.81. The van der Waals surface area contributed by atoms with Gasteiger partial charge in [-0.05, 0) is 6.08 Å². The van der Waals surface area contributed by atoms with Crippen LogP contribution in [0.15, 0.2) is 18.4 Å². The SMILES string of the molecule is C=C=CC[C@@H](NC(C)=O)C(=O)OC. The molecule has 72 valence electrons. The van der Waals surface area contributed by atoms with Crippen molar-refractivity contribution in [1.82, 2.24) is 5.32 Å². The maximum Gasteiger partial charge on any atom is 0.328 e. The van der Waals surface area contributed by atoms with Crippen molar-refractivity contribution >= 4 is 11.9 Å². The Morgan fingerprint density at radius 2 is 2.31 bits per heavy atom. The van der Waals surface area contributed by atoms with E-state index in [0.717, 1.165) is 0 Å². The molecular formula is C9H13NO3. The van der Waals surface area contributed by atoms with Crippen LogP contribution in [0.3, 0.4) is 0 Å². The van der Waals surface area contributed by atoms with E-state index in [1.54, 1.807) is 6.08 Å². The van der Waals surface area contributed by atoms with E-state index in [-0.39, 0.29) is 5.91 Å². The van der Waals surface area contributed by atoms with Crippen LogP contribution in [0.1, 0.15) is 13.3 Å². The van der Waals surface area contributed by atoms with E-state index in [1.807, 2.05) is 0 Å². The van der Waals surface area contributed by atoms with Crippen molar-refractivity contribution in [3.05, 3.63) is 18.4 Å². The summed E-state index contributed by atoms with van der Waals surface area (Å²) in [5.41, 5.74) is 2.52. The van der Waals surface area contributed by atoms with Gasteiger partial charge in [-0.1, -0.05) is 6.58 Å². The Hall–Kier alpha value is -1.54. The first kappa shape index (κ1) is 11.5. The minimum absolute atomic E-state index is 0.270. The third kappa shape index (κ3) is 4.82. The lowest BCUT2D eigenvalue weighted by atomic mass is 10.2. The van der Waals surface area contributed by atoms with Crippen LogP contribution in [0.5, 0.6) is 0 Å². The van der Waals surface area contributed by atoms with Gasteiger partial charge in [-0.3, -0.25) is 4.79 Å². The number of hydrogen-bond donors (Lipinski definition) is 1. The lowest BCUT2D eigenvalue weighted by Gasteiger charge is -2.12. The largest absolute Gasteiger partial charge is 0.467 e. The highest BCUT2D eigenvalue weighted by Crippen LogP contribution is 1.95. The molecule has 1 atom stereocenters. The van der Waals surface area contributed by atoms with E-state index in [0.29, 0.717) is 6.42 Å². The molecule has 0 aliphatic rings. The Balaban J connectivity index is 4.25. The Morgan fingerprint density at radius 3 is 2.69 bits per heavy atom. The number of amides is 1. The van der Waals surface area contributed by atoms with Gasteiger partial charge in [-0.15, -0.1) is 5.73 Å². The zero-order valence-corrected chi connectivity index (χ0v) is 7.79. The lowest BCUT2D eigenvalue weighted by Crippen LogP contribution is -2.39. The second-order valence-corrected chi connectivity index (χ2v) is 2.42. The third-order valence-corrected chi connectivity index (χ3v) is 1.36. The summed E-state index contributed by atoms with van der Waals surface area (Å²) in [7, 11) is 1.27. The number of nitrogens with one attached hydrogen (secondary N) is 1. The van der Waals surface area contributed by atoms with Crippen LogP contribution in [0.2, 0.25) is 0 Å². The predicted octanol–water partition coefficient (Wildman–Crippen LogP) is 0.395. The summed E-state index contributed by atoms with van der Waals surface area (Å²) in [6, 6.07) is -0.642. The number of ether oxygens (including phenoxy) is 1. The highest BCUT2D eigenvalue weighted by Gasteiger charge is 2.17. The van der Waals surface area contributed by atoms with Crippen molar-refractivity contribution in [2.24, 2.45) is 0 Å². The fraction of sp³-hybridized carbons (Fsp3) is 0.444. The maximum atomic E-state index is 11.0. The van der Waals surface area contributed by atoms with Crippen LogP contribution in [-0.4, -0.2) is 25.0 Å². The van der Waals surface area contributed by atoms with Gasteiger partial charge >= 0.3 is 5.97 Å². The molecule has 0 bridgehead atoms. The van der Waals surface area contributed by atoms with Gasteiger partial charge in [-0.25, -0.2) is 4.79 Å². The van der Waals surface area contributed by atoms with E-state index in [9.17, 15) is 9.59 Å². The maximum absolute atomic E-state index is 11.0. The number of esters is 1. The van der Waals surface area contributed by atoms with Gasteiger partial charge in [0.2, 0.25) is 5.91 Å². The molecule has 0 rings (SSSR count). The molecule has 13 heavy (non-hydrogen) atoms. The molecule has 1 N–H and O–H groups in total. The van der Waals surface area contributed by atoms with Crippen LogP contribution in [0.25, 0.3) is 0 Å². The van der Waals surface area contributed by atoms with Crippen molar-refractivity contribution in [2.45, 2.75) is 19.4 Å². The molecule has 4 nitrogen and oxygen atoms in total. The molecular weight excluding hydrogens is 170 g/mol. The molecule has 0 aliphatic carbocycles. The van der Waals surface area contributed by atoms with Gasteiger partial charge in [0.1, 0.15) is 6.04 Å². The summed E-state index contributed by atoms with van der Waals surface area (Å²) in [5.74, 6) is -0.741. The van der Waals surface area contributed by atoms with E-state index in [4.69, 9.17) is 0 Å². The quantitative estimate of drug-likeness (QED) is 0.507. The van der Waals surface area contributed by atoms with Crippen molar-refractivity contribution in [2.75, 3.05) is 7.11 Å². The van der Waals surface area contributed by atoms with Gasteiger partial charge in [0, 0.05) is 13.3 Å². The molecule has 0 aliphatic heterocycles. The van der Waals surface area contributed by atoms with Crippen molar-refractivity contribution in [3.63, 3.8) is 0 Å². The zero-order valence-electron chi connectivity index (χ0n) is 7.79. The molecule has 0 saturated carbocycles. The number of carbonyl (C=O) groups excluding carboxylic acids is 2. The fourth-order valence-electron chi connectivity index (χ4n) is 0.803. The normalized spacial score (nSPS) is 10.9. The first-order chi connectivity index (χ1) is 6.11. The average molecular weight is 183 g/mol. The smallest absolute Gasteiger partial charge is 0.328 e. The molecule has 0 spiro atoms. The van der Waals surface area contributed by atoms with Gasteiger partial charge in [0.25, 0.3) is 0 Å². The third-order valence-electron chi connectivity index (χ3n) is 1.36. The molecule has 0 aromatic rings. The second-order valence-electron chi connectivity index (χ2n) is 2.42. The molecule has 0 aromatic heterocycles. The van der Waals surface area contributed by atoms with Crippen molar-refractivity contribution in [1.29, 1.82) is 0 Å². The minimum Gasteiger partial charge on any atom is -0.467 e. The second kappa shape index (κ2) is 6.03. The topological polar surface area (TPSA) is 55.4 Å². The summed E-state index contributed by atoms with van der Waals surface area (Å²) < 4.78 is 4.49. The number of hydrogen-bond acceptors (Lipinski definition) is 3. The van der Waals surface area contributed by atoms with E-state index < -0.39 is 12.0 Å². The number of carbonyl (C=O) groups is 2. The van der Waals surface area contributed by atoms with Crippen LogP contribution in [0, 0.1) is 0 Å². The first-order valence-corrected chi connectivity index (χ1v) is 3.81. The number of rotatable bonds is 4. The standard InChI is InChI=1S/C9H13NO3/c1-4-5-6-8(9(12)13-3)10-7(2)11/h5,8H,1,6H2,2-3H3,(H,10,11)/t8-/m1/s1. The van der Waals surface area contributed by atoms with Gasteiger partial charge in [-0.2, -0.15) is 0 Å². The average Bonchev–Trinajstić information content (AvgIpc) is 2.10. The summed E-state index contributed by atoms with van der Waals surface area (Å²) >= 11 is 0. The van der Waals surface area contributed by atoms with E-state index in [2.05, 4.69) is 22.4 Å². The molecule has 4 heteroatoms. The Labute approximate surface area is 77.3 Å². The minimum atomic E-state index is -0.642. The molecule has 0 heterocycles. The summed E-state index contributed by atoms with van der Waals surface area (Å²) in [5, 5.41) is 2.45. The summed E-state index contributed by atoms with van der Waals surface area (Å²) in [6.45, 7) is 4.69. The lowest BCUT2D eigenvalue weighted by molar-refractivity contribution is -0.144. The summed E-state index contributed by atoms with van der Waals surface area (Å²) in [4.78, 5) is 21.7. The van der Waals surface area contributed by atoms with Crippen LogP contribution >= 0.6 is 0 Å². The van der Waals surface area contributed by atoms with Gasteiger partial charge in [0.15, 0.2) is 0 Å². The predicted molar refractivity (Wildman–Crippen MR) is 47.9 cm³/mol. The van der Waals surface area contributed by atoms with E-state index >= 15 is 0 Å². The fourth-order valence-corrected chi connectivity index (χ4v) is 0.803. The van der Waals surface area contributed by atoms with Crippen LogP contribution in [-0.2, 0) is 14.3 Å². The monoisotopic (exact) mass is 183 g/mol. The molecule has 0 aromatic carbocycles. The highest BCUT2D eigenvalue weighted by molar-refractivity contribution is 5.83. The van der Waals surface area contributed by atoms with Gasteiger partial charge < -0.3 is 10.1 Å². The van der Waals surface area contributed by atoms with Crippen molar-refractivity contribution in [3.8, 4) is 0 Å². The molecule has 0 radical (unpaired) electrons. The van der Waals surface area contributed by atoms with E-state index in [1.165, 1.54) is 14.0 Å². The highest BCUT2D eigenvalue weighted by atomic mass is 16.5. The van der Waals surface area contributed by atoms with Crippen LogP contribution in [0.4, 0.5) is 0 Å². The Morgan fingerprint density at radius 1 is 1.69 bits per heavy atom. The Bertz CT molecular complexity index is 237. The molecule has 0 saturated heterocycles. The van der Waals surface area contributed by atoms with Crippen molar-refractivity contribution < 1.29 is 14.3 Å². The zero-order chi connectivity index (χ0) is 10.3. The molecule has 1 amide bonds. The number of methoxy groups -OCH3 is 1. The van der Waals surface area contributed by atoms with Gasteiger partial charge in [0.05, 0.1) is 7.11 Å².